The van der Waals surface area contributed by atoms with Crippen molar-refractivity contribution in [2.45, 2.75) is 50.8 Å². The molecule has 139 valence electrons. The number of carbonyl (C=O) groups is 1. The summed E-state index contributed by atoms with van der Waals surface area (Å²) in [5.41, 5.74) is -0.733. The molecule has 0 N–H and O–H groups in total. The van der Waals surface area contributed by atoms with Crippen LogP contribution in [-0.4, -0.2) is 49.1 Å². The van der Waals surface area contributed by atoms with Crippen molar-refractivity contribution < 1.29 is 27.5 Å². The standard InChI is InChI=1S/C18H22F3NO3.Li/c19-18(20,21)14-7-4-8-15(11-14)24-16-9-10-22(12-16)25-17(23)13-5-2-1-3-6-13;/h4,7-8,11,13,16H,1-3,5-6,9-10,12H2;/t16-;/m1./s1. The summed E-state index contributed by atoms with van der Waals surface area (Å²) in [6, 6.07) is 4.84. The molecule has 4 nitrogen and oxygen atoms in total. The number of rotatable bonds is 4. The van der Waals surface area contributed by atoms with Crippen molar-refractivity contribution in [2.24, 2.45) is 5.92 Å². The Morgan fingerprint density at radius 1 is 1.12 bits per heavy atom. The Morgan fingerprint density at radius 2 is 1.85 bits per heavy atom. The Labute approximate surface area is 163 Å². The first-order valence-electron chi connectivity index (χ1n) is 8.72. The number of alkyl halides is 3. The third kappa shape index (κ3) is 5.67. The van der Waals surface area contributed by atoms with Crippen molar-refractivity contribution >= 4 is 24.8 Å². The Kier molecular flexibility index (Phi) is 7.45. The van der Waals surface area contributed by atoms with E-state index in [0.29, 0.717) is 19.5 Å². The van der Waals surface area contributed by atoms with Gasteiger partial charge >= 0.3 is 12.1 Å². The van der Waals surface area contributed by atoms with Crippen LogP contribution in [0.2, 0.25) is 0 Å². The van der Waals surface area contributed by atoms with Crippen LogP contribution < -0.4 is 4.74 Å². The first kappa shape index (κ1) is 21.1. The fourth-order valence-corrected chi connectivity index (χ4v) is 3.36. The molecular weight excluding hydrogens is 342 g/mol. The maximum atomic E-state index is 12.7. The smallest absolute Gasteiger partial charge is 0.416 e. The maximum Gasteiger partial charge on any atom is 0.416 e. The van der Waals surface area contributed by atoms with E-state index < -0.39 is 11.7 Å². The maximum absolute atomic E-state index is 12.7. The second-order valence-electron chi connectivity index (χ2n) is 6.69. The minimum absolute atomic E-state index is 0. The monoisotopic (exact) mass is 364 g/mol. The summed E-state index contributed by atoms with van der Waals surface area (Å²) in [6.45, 7) is 0.900. The van der Waals surface area contributed by atoms with E-state index in [-0.39, 0.29) is 42.6 Å². The second kappa shape index (κ2) is 9.16. The zero-order valence-corrected chi connectivity index (χ0v) is 14.9. The van der Waals surface area contributed by atoms with Gasteiger partial charge in [-0.3, -0.25) is 4.79 Å². The minimum atomic E-state index is -4.39. The molecule has 1 aromatic carbocycles. The Morgan fingerprint density at radius 3 is 2.54 bits per heavy atom. The van der Waals surface area contributed by atoms with E-state index in [1.807, 2.05) is 0 Å². The Bertz CT molecular complexity index is 606. The molecule has 1 radical (unpaired) electrons. The number of halogens is 3. The van der Waals surface area contributed by atoms with Crippen LogP contribution in [0.3, 0.4) is 0 Å². The van der Waals surface area contributed by atoms with Crippen LogP contribution in [-0.2, 0) is 15.8 Å². The van der Waals surface area contributed by atoms with Gasteiger partial charge in [-0.05, 0) is 31.0 Å². The third-order valence-electron chi connectivity index (χ3n) is 4.73. The predicted molar refractivity (Wildman–Crippen MR) is 90.5 cm³/mol. The molecule has 1 atom stereocenters. The average Bonchev–Trinajstić information content (AvgIpc) is 3.02. The van der Waals surface area contributed by atoms with Crippen LogP contribution in [0.1, 0.15) is 44.1 Å². The summed E-state index contributed by atoms with van der Waals surface area (Å²) in [5.74, 6) is -0.0445. The summed E-state index contributed by atoms with van der Waals surface area (Å²) >= 11 is 0. The van der Waals surface area contributed by atoms with Gasteiger partial charge in [-0.15, -0.1) is 5.06 Å². The van der Waals surface area contributed by atoms with Crippen molar-refractivity contribution in [3.63, 3.8) is 0 Å². The molecule has 1 saturated heterocycles. The number of ether oxygens (including phenoxy) is 1. The Hall–Kier alpha value is -1.16. The molecule has 1 saturated carbocycles. The van der Waals surface area contributed by atoms with Gasteiger partial charge in [0.1, 0.15) is 11.9 Å². The first-order chi connectivity index (χ1) is 11.9. The van der Waals surface area contributed by atoms with Gasteiger partial charge in [0.15, 0.2) is 0 Å². The van der Waals surface area contributed by atoms with Crippen molar-refractivity contribution in [2.75, 3.05) is 13.1 Å². The van der Waals surface area contributed by atoms with Crippen LogP contribution in [0.4, 0.5) is 13.2 Å². The SMILES string of the molecule is O=C(ON1CC[C@@H](Oc2cccc(C(F)(F)F)c2)C1)C1CCCCC1.[Li]. The fraction of sp³-hybridized carbons (Fsp3) is 0.611. The van der Waals surface area contributed by atoms with Gasteiger partial charge < -0.3 is 9.57 Å². The molecule has 0 aromatic heterocycles. The molecule has 1 aliphatic heterocycles. The fourth-order valence-electron chi connectivity index (χ4n) is 3.36. The molecule has 0 unspecified atom stereocenters. The molecule has 0 bridgehead atoms. The predicted octanol–water partition coefficient (Wildman–Crippen LogP) is 3.82. The molecule has 3 rings (SSSR count). The molecule has 1 aliphatic carbocycles. The molecule has 2 aliphatic rings. The molecule has 26 heavy (non-hydrogen) atoms. The van der Waals surface area contributed by atoms with E-state index in [1.165, 1.54) is 18.6 Å². The van der Waals surface area contributed by atoms with Gasteiger partial charge in [0.2, 0.25) is 0 Å². The average molecular weight is 364 g/mol. The first-order valence-corrected chi connectivity index (χ1v) is 8.72. The number of hydrogen-bond acceptors (Lipinski definition) is 4. The second-order valence-corrected chi connectivity index (χ2v) is 6.69. The van der Waals surface area contributed by atoms with E-state index in [2.05, 4.69) is 0 Å². The van der Waals surface area contributed by atoms with E-state index in [0.717, 1.165) is 37.8 Å². The van der Waals surface area contributed by atoms with E-state index in [1.54, 1.807) is 5.06 Å². The van der Waals surface area contributed by atoms with Crippen molar-refractivity contribution in [1.82, 2.24) is 5.06 Å². The van der Waals surface area contributed by atoms with Gasteiger partial charge in [0.25, 0.3) is 0 Å². The number of hydroxylamine groups is 2. The summed E-state index contributed by atoms with van der Waals surface area (Å²) < 4.78 is 43.9. The quantitative estimate of drug-likeness (QED) is 0.762. The number of benzene rings is 1. The third-order valence-corrected chi connectivity index (χ3v) is 4.73. The molecule has 2 fully saturated rings. The number of nitrogens with zero attached hydrogens (tertiary/aromatic N) is 1. The van der Waals surface area contributed by atoms with Crippen LogP contribution in [0.5, 0.6) is 5.75 Å². The summed E-state index contributed by atoms with van der Waals surface area (Å²) in [7, 11) is 0. The van der Waals surface area contributed by atoms with E-state index in [9.17, 15) is 18.0 Å². The molecular formula is C18H22F3LiNO3. The Balaban J connectivity index is 0.00000243. The van der Waals surface area contributed by atoms with Crippen molar-refractivity contribution in [1.29, 1.82) is 0 Å². The van der Waals surface area contributed by atoms with Crippen LogP contribution >= 0.6 is 0 Å². The summed E-state index contributed by atoms with van der Waals surface area (Å²) in [5, 5.41) is 1.56. The van der Waals surface area contributed by atoms with Gasteiger partial charge in [-0.1, -0.05) is 25.3 Å². The normalized spacial score (nSPS) is 21.9. The van der Waals surface area contributed by atoms with Gasteiger partial charge in [0, 0.05) is 31.8 Å². The number of hydrogen-bond donors (Lipinski definition) is 0. The molecule has 1 aromatic rings. The van der Waals surface area contributed by atoms with Crippen LogP contribution in [0.15, 0.2) is 24.3 Å². The zero-order valence-electron chi connectivity index (χ0n) is 14.9. The molecule has 8 heteroatoms. The van der Waals surface area contributed by atoms with Crippen LogP contribution in [0.25, 0.3) is 0 Å². The largest absolute Gasteiger partial charge is 0.489 e. The topological polar surface area (TPSA) is 38.8 Å². The molecule has 0 spiro atoms. The minimum Gasteiger partial charge on any atom is -0.489 e. The van der Waals surface area contributed by atoms with Crippen LogP contribution in [0, 0.1) is 5.92 Å². The molecule has 0 amide bonds. The van der Waals surface area contributed by atoms with E-state index >= 15 is 0 Å². The van der Waals surface area contributed by atoms with Gasteiger partial charge in [-0.2, -0.15) is 13.2 Å². The van der Waals surface area contributed by atoms with Gasteiger partial charge in [-0.25, -0.2) is 0 Å². The van der Waals surface area contributed by atoms with Gasteiger partial charge in [0.05, 0.1) is 18.0 Å². The number of carbonyl (C=O) groups excluding carboxylic acids is 1. The zero-order chi connectivity index (χ0) is 17.9. The van der Waals surface area contributed by atoms with Crippen molar-refractivity contribution in [3.05, 3.63) is 29.8 Å². The summed E-state index contributed by atoms with van der Waals surface area (Å²) in [6.07, 6.45) is 0.948. The summed E-state index contributed by atoms with van der Waals surface area (Å²) in [4.78, 5) is 17.6. The van der Waals surface area contributed by atoms with E-state index in [4.69, 9.17) is 9.57 Å². The molecule has 1 heterocycles. The van der Waals surface area contributed by atoms with Crippen molar-refractivity contribution in [3.8, 4) is 5.75 Å².